The molecule has 5 rings (SSSR count). The van der Waals surface area contributed by atoms with Crippen LogP contribution in [0.1, 0.15) is 47.9 Å². The molecule has 1 saturated heterocycles. The fourth-order valence-corrected chi connectivity index (χ4v) is 5.38. The number of likely N-dealkylation sites (tertiary alicyclic amines) is 1. The second-order valence-electron chi connectivity index (χ2n) is 9.11. The number of nitrogens with zero attached hydrogens (tertiary/aromatic N) is 1. The van der Waals surface area contributed by atoms with Crippen molar-refractivity contribution in [2.75, 3.05) is 13.1 Å². The van der Waals surface area contributed by atoms with E-state index >= 15 is 0 Å². The summed E-state index contributed by atoms with van der Waals surface area (Å²) >= 11 is 0. The van der Waals surface area contributed by atoms with Gasteiger partial charge >= 0.3 is 0 Å². The lowest BCUT2D eigenvalue weighted by Crippen LogP contribution is -2.42. The Balaban J connectivity index is 1.13. The molecule has 1 heterocycles. The van der Waals surface area contributed by atoms with Crippen molar-refractivity contribution >= 4 is 5.91 Å². The van der Waals surface area contributed by atoms with Crippen molar-refractivity contribution in [1.82, 2.24) is 10.2 Å². The van der Waals surface area contributed by atoms with Gasteiger partial charge in [0, 0.05) is 23.9 Å². The maximum absolute atomic E-state index is 12.9. The number of carbonyl (C=O) groups is 1. The minimum absolute atomic E-state index is 0.184. The molecule has 28 heavy (non-hydrogen) atoms. The van der Waals surface area contributed by atoms with Crippen LogP contribution in [0.4, 0.5) is 0 Å². The zero-order valence-corrected chi connectivity index (χ0v) is 16.8. The molecule has 2 aromatic carbocycles. The van der Waals surface area contributed by atoms with Crippen molar-refractivity contribution in [3.63, 3.8) is 0 Å². The molecule has 0 bridgehead atoms. The van der Waals surface area contributed by atoms with Crippen LogP contribution < -0.4 is 5.32 Å². The van der Waals surface area contributed by atoms with Crippen LogP contribution in [0, 0.1) is 12.8 Å². The first-order chi connectivity index (χ1) is 13.6. The number of hydrogen-bond donors (Lipinski definition) is 1. The Morgan fingerprint density at radius 1 is 1.11 bits per heavy atom. The van der Waals surface area contributed by atoms with Crippen molar-refractivity contribution in [2.45, 2.75) is 57.0 Å². The predicted octanol–water partition coefficient (Wildman–Crippen LogP) is 3.98. The van der Waals surface area contributed by atoms with E-state index in [1.165, 1.54) is 35.1 Å². The van der Waals surface area contributed by atoms with Gasteiger partial charge in [-0.25, -0.2) is 0 Å². The van der Waals surface area contributed by atoms with E-state index in [0.717, 1.165) is 38.9 Å². The van der Waals surface area contributed by atoms with Gasteiger partial charge in [-0.1, -0.05) is 54.1 Å². The van der Waals surface area contributed by atoms with Crippen molar-refractivity contribution in [3.8, 4) is 0 Å². The molecule has 146 valence electrons. The molecule has 2 fully saturated rings. The molecule has 3 heteroatoms. The van der Waals surface area contributed by atoms with E-state index in [2.05, 4.69) is 65.7 Å². The third-order valence-electron chi connectivity index (χ3n) is 7.27. The van der Waals surface area contributed by atoms with Gasteiger partial charge in [-0.3, -0.25) is 9.69 Å². The Kier molecular flexibility index (Phi) is 4.51. The quantitative estimate of drug-likeness (QED) is 0.878. The van der Waals surface area contributed by atoms with Crippen LogP contribution >= 0.6 is 0 Å². The second kappa shape index (κ2) is 7.04. The first kappa shape index (κ1) is 17.9. The molecule has 2 aliphatic carbocycles. The van der Waals surface area contributed by atoms with Crippen LogP contribution in [0.25, 0.3) is 0 Å². The highest BCUT2D eigenvalue weighted by Crippen LogP contribution is 2.56. The molecule has 1 amide bonds. The average Bonchev–Trinajstić information content (AvgIpc) is 3.28. The second-order valence-corrected chi connectivity index (χ2v) is 9.11. The summed E-state index contributed by atoms with van der Waals surface area (Å²) in [5.41, 5.74) is 5.91. The normalized spacial score (nSPS) is 27.0. The summed E-state index contributed by atoms with van der Waals surface area (Å²) in [6, 6.07) is 18.0. The highest BCUT2D eigenvalue weighted by molar-refractivity contribution is 5.80. The number of nitrogens with one attached hydrogen (secondary N) is 1. The fraction of sp³-hybridized carbons (Fsp3) is 0.480. The minimum atomic E-state index is 0.184. The summed E-state index contributed by atoms with van der Waals surface area (Å²) in [4.78, 5) is 15.4. The van der Waals surface area contributed by atoms with E-state index < -0.39 is 0 Å². The largest absolute Gasteiger partial charge is 0.352 e. The van der Waals surface area contributed by atoms with Crippen LogP contribution in [-0.4, -0.2) is 29.9 Å². The maximum atomic E-state index is 12.9. The van der Waals surface area contributed by atoms with Crippen LogP contribution in [0.3, 0.4) is 0 Å². The molecule has 1 N–H and O–H groups in total. The number of hydrogen-bond acceptors (Lipinski definition) is 2. The number of amides is 1. The molecule has 0 aromatic heterocycles. The topological polar surface area (TPSA) is 32.3 Å². The van der Waals surface area contributed by atoms with Gasteiger partial charge in [0.25, 0.3) is 0 Å². The van der Waals surface area contributed by atoms with Gasteiger partial charge in [-0.05, 0) is 68.8 Å². The van der Waals surface area contributed by atoms with Crippen LogP contribution in [0.5, 0.6) is 0 Å². The lowest BCUT2D eigenvalue weighted by Gasteiger charge is -2.31. The zero-order chi connectivity index (χ0) is 19.1. The van der Waals surface area contributed by atoms with Crippen LogP contribution in [-0.2, 0) is 23.2 Å². The zero-order valence-electron chi connectivity index (χ0n) is 16.8. The number of piperidine rings is 1. The highest BCUT2D eigenvalue weighted by atomic mass is 16.2. The summed E-state index contributed by atoms with van der Waals surface area (Å²) in [7, 11) is 0. The molecule has 1 saturated carbocycles. The molecule has 1 aliphatic heterocycles. The molecule has 0 radical (unpaired) electrons. The smallest absolute Gasteiger partial charge is 0.223 e. The Bertz CT molecular complexity index is 866. The summed E-state index contributed by atoms with van der Waals surface area (Å²) in [6.45, 7) is 5.16. The van der Waals surface area contributed by atoms with Gasteiger partial charge in [0.2, 0.25) is 5.91 Å². The number of fused-ring (bicyclic) bond motifs is 2. The van der Waals surface area contributed by atoms with Gasteiger partial charge < -0.3 is 5.32 Å². The van der Waals surface area contributed by atoms with Gasteiger partial charge in [0.15, 0.2) is 0 Å². The van der Waals surface area contributed by atoms with E-state index in [1.807, 2.05) is 0 Å². The third kappa shape index (κ3) is 3.26. The van der Waals surface area contributed by atoms with Gasteiger partial charge in [-0.2, -0.15) is 0 Å². The summed E-state index contributed by atoms with van der Waals surface area (Å²) in [6.07, 6.45) is 5.45. The molecule has 2 atom stereocenters. The standard InChI is InChI=1S/C25H30N2O/c1-18-6-8-19(9-7-18)17-27-14-11-21(12-15-27)24(28)26-23-16-25(23)13-10-20-4-2-3-5-22(20)25/h2-9,21,23H,10-17H2,1H3,(H,26,28). The Hall–Kier alpha value is -2.13. The van der Waals surface area contributed by atoms with E-state index in [4.69, 9.17) is 0 Å². The Morgan fingerprint density at radius 2 is 1.86 bits per heavy atom. The fourth-order valence-electron chi connectivity index (χ4n) is 5.38. The van der Waals surface area contributed by atoms with Crippen LogP contribution in [0.2, 0.25) is 0 Å². The van der Waals surface area contributed by atoms with Gasteiger partial charge in [0.05, 0.1) is 0 Å². The summed E-state index contributed by atoms with van der Waals surface area (Å²) in [5, 5.41) is 3.41. The minimum Gasteiger partial charge on any atom is -0.352 e. The first-order valence-corrected chi connectivity index (χ1v) is 10.8. The van der Waals surface area contributed by atoms with Crippen LogP contribution in [0.15, 0.2) is 48.5 Å². The van der Waals surface area contributed by atoms with Crippen molar-refractivity contribution in [1.29, 1.82) is 0 Å². The lowest BCUT2D eigenvalue weighted by molar-refractivity contribution is -0.126. The van der Waals surface area contributed by atoms with E-state index in [0.29, 0.717) is 11.9 Å². The molecule has 3 aliphatic rings. The number of aryl methyl sites for hydroxylation is 2. The predicted molar refractivity (Wildman–Crippen MR) is 112 cm³/mol. The number of benzene rings is 2. The van der Waals surface area contributed by atoms with Crippen molar-refractivity contribution < 1.29 is 4.79 Å². The Labute approximate surface area is 168 Å². The summed E-state index contributed by atoms with van der Waals surface area (Å²) in [5.74, 6) is 0.477. The number of carbonyl (C=O) groups excluding carboxylic acids is 1. The van der Waals surface area contributed by atoms with E-state index in [9.17, 15) is 4.79 Å². The monoisotopic (exact) mass is 374 g/mol. The van der Waals surface area contributed by atoms with E-state index in [-0.39, 0.29) is 11.3 Å². The van der Waals surface area contributed by atoms with Gasteiger partial charge in [-0.15, -0.1) is 0 Å². The third-order valence-corrected chi connectivity index (χ3v) is 7.27. The lowest BCUT2D eigenvalue weighted by atomic mass is 9.94. The van der Waals surface area contributed by atoms with E-state index in [1.54, 1.807) is 0 Å². The SMILES string of the molecule is Cc1ccc(CN2CCC(C(=O)NC3CC34CCc3ccccc34)CC2)cc1. The molecular formula is C25H30N2O. The number of rotatable bonds is 4. The average molecular weight is 375 g/mol. The molecule has 3 nitrogen and oxygen atoms in total. The molecule has 2 aromatic rings. The molecule has 1 spiro atoms. The highest BCUT2D eigenvalue weighted by Gasteiger charge is 2.58. The van der Waals surface area contributed by atoms with Gasteiger partial charge in [0.1, 0.15) is 0 Å². The molecule has 2 unspecified atom stereocenters. The van der Waals surface area contributed by atoms with Crippen molar-refractivity contribution in [3.05, 3.63) is 70.8 Å². The first-order valence-electron chi connectivity index (χ1n) is 10.8. The Morgan fingerprint density at radius 3 is 2.64 bits per heavy atom. The summed E-state index contributed by atoms with van der Waals surface area (Å²) < 4.78 is 0. The molecular weight excluding hydrogens is 344 g/mol. The van der Waals surface area contributed by atoms with Crippen molar-refractivity contribution in [2.24, 2.45) is 5.92 Å². The maximum Gasteiger partial charge on any atom is 0.223 e.